The fourth-order valence-corrected chi connectivity index (χ4v) is 2.69. The van der Waals surface area contributed by atoms with Gasteiger partial charge in [-0.15, -0.1) is 0 Å². The van der Waals surface area contributed by atoms with Gasteiger partial charge in [0.25, 0.3) is 0 Å². The lowest BCUT2D eigenvalue weighted by Gasteiger charge is -2.31. The van der Waals surface area contributed by atoms with Crippen molar-refractivity contribution in [2.45, 2.75) is 32.4 Å². The average molecular weight is 314 g/mol. The third-order valence-electron chi connectivity index (χ3n) is 3.87. The molecule has 3 nitrogen and oxygen atoms in total. The van der Waals surface area contributed by atoms with E-state index in [1.54, 1.807) is 6.07 Å². The predicted octanol–water partition coefficient (Wildman–Crippen LogP) is 3.77. The van der Waals surface area contributed by atoms with Gasteiger partial charge in [-0.2, -0.15) is 13.2 Å². The van der Waals surface area contributed by atoms with E-state index in [1.807, 2.05) is 4.90 Å². The number of benzene rings is 1. The van der Waals surface area contributed by atoms with Crippen molar-refractivity contribution in [1.82, 2.24) is 4.90 Å². The summed E-state index contributed by atoms with van der Waals surface area (Å²) < 4.78 is 37.8. The Bertz CT molecular complexity index is 516. The van der Waals surface area contributed by atoms with Gasteiger partial charge in [-0.25, -0.2) is 0 Å². The summed E-state index contributed by atoms with van der Waals surface area (Å²) in [5.41, 5.74) is -0.302. The first kappa shape index (κ1) is 16.6. The van der Waals surface area contributed by atoms with E-state index < -0.39 is 11.7 Å². The Labute approximate surface area is 128 Å². The normalized spacial score (nSPS) is 19.1. The molecule has 1 aliphatic heterocycles. The zero-order valence-corrected chi connectivity index (χ0v) is 12.6. The van der Waals surface area contributed by atoms with Gasteiger partial charge in [-0.1, -0.05) is 13.0 Å². The first-order chi connectivity index (χ1) is 10.4. The molecule has 0 aromatic heterocycles. The smallest absolute Gasteiger partial charge is 0.385 e. The molecule has 1 aliphatic rings. The second-order valence-electron chi connectivity index (χ2n) is 5.84. The lowest BCUT2D eigenvalue weighted by Crippen LogP contribution is -2.39. The molecular weight excluding hydrogens is 293 g/mol. The van der Waals surface area contributed by atoms with Gasteiger partial charge in [0.1, 0.15) is 0 Å². The van der Waals surface area contributed by atoms with Crippen LogP contribution in [0.1, 0.15) is 31.7 Å². The van der Waals surface area contributed by atoms with E-state index in [9.17, 15) is 18.0 Å². The standard InChI is InChI=1S/C16H21F3N2O/c1-12-4-3-9-21(11-12)15(22)7-8-20-14-6-2-5-13(10-14)16(17,18)19/h2,5-6,10,12,20H,3-4,7-9,11H2,1H3. The number of nitrogens with zero attached hydrogens (tertiary/aromatic N) is 1. The Balaban J connectivity index is 1.82. The SMILES string of the molecule is CC1CCCN(C(=O)CCNc2cccc(C(F)(F)F)c2)C1. The number of carbonyl (C=O) groups excluding carboxylic acids is 1. The highest BCUT2D eigenvalue weighted by atomic mass is 19.4. The van der Waals surface area contributed by atoms with Crippen LogP contribution in [0.5, 0.6) is 0 Å². The summed E-state index contributed by atoms with van der Waals surface area (Å²) >= 11 is 0. The van der Waals surface area contributed by atoms with Gasteiger partial charge in [0.15, 0.2) is 0 Å². The Morgan fingerprint density at radius 1 is 1.41 bits per heavy atom. The molecule has 1 fully saturated rings. The molecular formula is C16H21F3N2O. The third-order valence-corrected chi connectivity index (χ3v) is 3.87. The molecule has 22 heavy (non-hydrogen) atoms. The number of carbonyl (C=O) groups is 1. The molecule has 122 valence electrons. The fraction of sp³-hybridized carbons (Fsp3) is 0.562. The maximum absolute atomic E-state index is 12.6. The van der Waals surface area contributed by atoms with Gasteiger partial charge >= 0.3 is 6.18 Å². The fourth-order valence-electron chi connectivity index (χ4n) is 2.69. The van der Waals surface area contributed by atoms with E-state index in [0.717, 1.165) is 38.1 Å². The number of alkyl halides is 3. The van der Waals surface area contributed by atoms with E-state index in [0.29, 0.717) is 24.6 Å². The summed E-state index contributed by atoms with van der Waals surface area (Å²) in [5.74, 6) is 0.583. The summed E-state index contributed by atoms with van der Waals surface area (Å²) in [4.78, 5) is 13.9. The Morgan fingerprint density at radius 3 is 2.86 bits per heavy atom. The van der Waals surface area contributed by atoms with Gasteiger partial charge in [0, 0.05) is 31.7 Å². The predicted molar refractivity (Wildman–Crippen MR) is 79.5 cm³/mol. The van der Waals surface area contributed by atoms with Crippen LogP contribution in [0.25, 0.3) is 0 Å². The zero-order chi connectivity index (χ0) is 16.2. The molecule has 1 saturated heterocycles. The van der Waals surface area contributed by atoms with Crippen molar-refractivity contribution in [3.05, 3.63) is 29.8 Å². The second-order valence-corrected chi connectivity index (χ2v) is 5.84. The molecule has 0 saturated carbocycles. The second kappa shape index (κ2) is 7.03. The molecule has 6 heteroatoms. The van der Waals surface area contributed by atoms with Crippen molar-refractivity contribution in [2.75, 3.05) is 25.0 Å². The minimum Gasteiger partial charge on any atom is -0.385 e. The zero-order valence-electron chi connectivity index (χ0n) is 12.6. The Hall–Kier alpha value is -1.72. The number of nitrogens with one attached hydrogen (secondary N) is 1. The van der Waals surface area contributed by atoms with E-state index in [-0.39, 0.29) is 5.91 Å². The van der Waals surface area contributed by atoms with Gasteiger partial charge in [-0.3, -0.25) is 4.79 Å². The summed E-state index contributed by atoms with van der Waals surface area (Å²) in [6.07, 6.45) is -1.89. The van der Waals surface area contributed by atoms with Crippen molar-refractivity contribution in [1.29, 1.82) is 0 Å². The van der Waals surface area contributed by atoms with Crippen LogP contribution in [0, 0.1) is 5.92 Å². The summed E-state index contributed by atoms with van der Waals surface area (Å²) in [6, 6.07) is 5.03. The molecule has 0 aliphatic carbocycles. The van der Waals surface area contributed by atoms with E-state index >= 15 is 0 Å². The largest absolute Gasteiger partial charge is 0.416 e. The molecule has 1 unspecified atom stereocenters. The van der Waals surface area contributed by atoms with Crippen LogP contribution < -0.4 is 5.32 Å². The molecule has 0 spiro atoms. The van der Waals surface area contributed by atoms with Gasteiger partial charge in [0.05, 0.1) is 5.56 Å². The number of amides is 1. The Morgan fingerprint density at radius 2 is 2.18 bits per heavy atom. The third kappa shape index (κ3) is 4.64. The van der Waals surface area contributed by atoms with Crippen LogP contribution in [0.4, 0.5) is 18.9 Å². The van der Waals surface area contributed by atoms with Gasteiger partial charge in [0.2, 0.25) is 5.91 Å². The number of halogens is 3. The summed E-state index contributed by atoms with van der Waals surface area (Å²) in [5, 5.41) is 2.89. The molecule has 1 atom stereocenters. The first-order valence-electron chi connectivity index (χ1n) is 7.55. The number of rotatable bonds is 4. The number of hydrogen-bond donors (Lipinski definition) is 1. The quantitative estimate of drug-likeness (QED) is 0.917. The molecule has 2 rings (SSSR count). The monoisotopic (exact) mass is 314 g/mol. The minimum absolute atomic E-state index is 0.0611. The van der Waals surface area contributed by atoms with E-state index in [4.69, 9.17) is 0 Å². The topological polar surface area (TPSA) is 32.3 Å². The molecule has 1 amide bonds. The number of piperidine rings is 1. The van der Waals surface area contributed by atoms with Crippen LogP contribution in [0.15, 0.2) is 24.3 Å². The van der Waals surface area contributed by atoms with E-state index in [1.165, 1.54) is 6.07 Å². The van der Waals surface area contributed by atoms with Crippen molar-refractivity contribution in [3.63, 3.8) is 0 Å². The van der Waals surface area contributed by atoms with Gasteiger partial charge in [-0.05, 0) is 37.0 Å². The van der Waals surface area contributed by atoms with Crippen LogP contribution >= 0.6 is 0 Å². The molecule has 1 aromatic carbocycles. The molecule has 1 aromatic rings. The van der Waals surface area contributed by atoms with Crippen LogP contribution in [0.3, 0.4) is 0 Å². The molecule has 1 N–H and O–H groups in total. The molecule has 0 bridgehead atoms. The van der Waals surface area contributed by atoms with Crippen molar-refractivity contribution >= 4 is 11.6 Å². The maximum Gasteiger partial charge on any atom is 0.416 e. The average Bonchev–Trinajstić information content (AvgIpc) is 2.46. The number of anilines is 1. The maximum atomic E-state index is 12.6. The van der Waals surface area contributed by atoms with Crippen LogP contribution in [0.2, 0.25) is 0 Å². The van der Waals surface area contributed by atoms with Crippen molar-refractivity contribution < 1.29 is 18.0 Å². The van der Waals surface area contributed by atoms with Crippen LogP contribution in [-0.4, -0.2) is 30.4 Å². The Kier molecular flexibility index (Phi) is 5.32. The first-order valence-corrected chi connectivity index (χ1v) is 7.55. The number of likely N-dealkylation sites (tertiary alicyclic amines) is 1. The van der Waals surface area contributed by atoms with Crippen LogP contribution in [-0.2, 0) is 11.0 Å². The highest BCUT2D eigenvalue weighted by Crippen LogP contribution is 2.30. The van der Waals surface area contributed by atoms with E-state index in [2.05, 4.69) is 12.2 Å². The minimum atomic E-state index is -4.35. The highest BCUT2D eigenvalue weighted by molar-refractivity contribution is 5.76. The summed E-state index contributed by atoms with van der Waals surface area (Å²) in [6.45, 7) is 4.03. The molecule has 1 heterocycles. The van der Waals surface area contributed by atoms with Crippen molar-refractivity contribution in [3.8, 4) is 0 Å². The molecule has 0 radical (unpaired) electrons. The lowest BCUT2D eigenvalue weighted by atomic mass is 10.00. The van der Waals surface area contributed by atoms with Gasteiger partial charge < -0.3 is 10.2 Å². The highest BCUT2D eigenvalue weighted by Gasteiger charge is 2.30. The summed E-state index contributed by atoms with van der Waals surface area (Å²) in [7, 11) is 0. The van der Waals surface area contributed by atoms with Crippen molar-refractivity contribution in [2.24, 2.45) is 5.92 Å². The lowest BCUT2D eigenvalue weighted by molar-refractivity contribution is -0.137. The number of hydrogen-bond acceptors (Lipinski definition) is 2.